The van der Waals surface area contributed by atoms with E-state index in [1.165, 1.54) is 7.11 Å². The number of nitrogens with one attached hydrogen (secondary N) is 1. The number of amides is 2. The van der Waals surface area contributed by atoms with Crippen LogP contribution in [0.3, 0.4) is 0 Å². The molecule has 1 saturated heterocycles. The number of phenolic OH excluding ortho intramolecular Hbond substituents is 1. The highest BCUT2D eigenvalue weighted by molar-refractivity contribution is 6.33. The predicted molar refractivity (Wildman–Crippen MR) is 147 cm³/mol. The molecule has 2 heterocycles. The Bertz CT molecular complexity index is 1590. The van der Waals surface area contributed by atoms with Gasteiger partial charge in [-0.1, -0.05) is 66.2 Å². The van der Waals surface area contributed by atoms with Crippen LogP contribution in [0.2, 0.25) is 10.0 Å². The fraction of sp³-hybridized carbons (Fsp3) is 0.207. The zero-order chi connectivity index (χ0) is 29.7. The number of fused-ring (bicyclic) bond motifs is 1. The molecule has 1 fully saturated rings. The van der Waals surface area contributed by atoms with Gasteiger partial charge in [-0.2, -0.15) is 18.2 Å². The molecule has 7 nitrogen and oxygen atoms in total. The summed E-state index contributed by atoms with van der Waals surface area (Å²) in [6.45, 7) is 3.91. The van der Waals surface area contributed by atoms with Crippen molar-refractivity contribution < 1.29 is 32.6 Å². The van der Waals surface area contributed by atoms with Crippen molar-refractivity contribution in [2.24, 2.45) is 5.92 Å². The number of imide groups is 1. The first-order chi connectivity index (χ1) is 19.4. The lowest BCUT2D eigenvalue weighted by Gasteiger charge is -2.43. The van der Waals surface area contributed by atoms with Crippen LogP contribution in [0, 0.1) is 5.92 Å². The summed E-state index contributed by atoms with van der Waals surface area (Å²) in [7, 11) is 1.39. The first-order valence-electron chi connectivity index (χ1n) is 12.3. The number of methoxy groups -OCH3 is 1. The van der Waals surface area contributed by atoms with Crippen LogP contribution in [0.4, 0.5) is 19.0 Å². The Hall–Kier alpha value is -4.02. The van der Waals surface area contributed by atoms with Crippen molar-refractivity contribution in [2.45, 2.75) is 23.9 Å². The summed E-state index contributed by atoms with van der Waals surface area (Å²) in [6.07, 6.45) is -0.689. The second-order valence-electron chi connectivity index (χ2n) is 9.55. The maximum atomic E-state index is 14.6. The molecule has 0 spiro atoms. The minimum Gasteiger partial charge on any atom is -0.504 e. The van der Waals surface area contributed by atoms with Gasteiger partial charge in [0.2, 0.25) is 0 Å². The summed E-state index contributed by atoms with van der Waals surface area (Å²) < 4.78 is 44.8. The van der Waals surface area contributed by atoms with Gasteiger partial charge in [0.1, 0.15) is 0 Å². The number of halogens is 5. The average Bonchev–Trinajstić information content (AvgIpc) is 3.15. The number of phenols is 1. The molecule has 3 atom stereocenters. The molecular formula is C29H22Cl2F3N3O4. The Morgan fingerprint density at radius 2 is 1.90 bits per heavy atom. The predicted octanol–water partition coefficient (Wildman–Crippen LogP) is 6.67. The number of benzene rings is 2. The number of anilines is 1. The fourth-order valence-electron chi connectivity index (χ4n) is 5.70. The molecule has 1 aliphatic heterocycles. The van der Waals surface area contributed by atoms with Crippen LogP contribution in [0.15, 0.2) is 79.0 Å². The Labute approximate surface area is 242 Å². The second-order valence-corrected chi connectivity index (χ2v) is 10.4. The molecule has 2 aliphatic rings. The fourth-order valence-corrected chi connectivity index (χ4v) is 6.03. The maximum absolute atomic E-state index is 14.6. The largest absolute Gasteiger partial charge is 0.504 e. The minimum atomic E-state index is -4.69. The summed E-state index contributed by atoms with van der Waals surface area (Å²) in [5, 5.41) is 11.9. The second kappa shape index (κ2) is 10.4. The highest BCUT2D eigenvalue weighted by Crippen LogP contribution is 2.59. The van der Waals surface area contributed by atoms with Gasteiger partial charge in [-0.25, -0.2) is 4.98 Å². The zero-order valence-corrected chi connectivity index (χ0v) is 22.9. The van der Waals surface area contributed by atoms with E-state index < -0.39 is 45.8 Å². The number of nitrogens with zero attached hydrogens (tertiary/aromatic N) is 2. The lowest BCUT2D eigenvalue weighted by Crippen LogP contribution is -2.48. The number of aromatic nitrogens is 1. The van der Waals surface area contributed by atoms with Crippen molar-refractivity contribution in [3.63, 3.8) is 0 Å². The number of pyridine rings is 1. The van der Waals surface area contributed by atoms with Gasteiger partial charge in [-0.3, -0.25) is 15.0 Å². The number of hydrogen-bond donors (Lipinski definition) is 2. The monoisotopic (exact) mass is 603 g/mol. The summed E-state index contributed by atoms with van der Waals surface area (Å²) >= 11 is 12.3. The van der Waals surface area contributed by atoms with Crippen molar-refractivity contribution in [2.75, 3.05) is 12.5 Å². The van der Waals surface area contributed by atoms with Gasteiger partial charge in [-0.15, -0.1) is 0 Å². The third kappa shape index (κ3) is 4.51. The summed E-state index contributed by atoms with van der Waals surface area (Å²) in [6, 6.07) is 11.9. The molecule has 1 aliphatic carbocycles. The molecule has 2 aromatic carbocycles. The molecule has 3 unspecified atom stereocenters. The van der Waals surface area contributed by atoms with Gasteiger partial charge >= 0.3 is 6.18 Å². The highest BCUT2D eigenvalue weighted by atomic mass is 35.5. The number of para-hydroxylation sites is 1. The Kier molecular flexibility index (Phi) is 7.25. The Morgan fingerprint density at radius 3 is 2.51 bits per heavy atom. The van der Waals surface area contributed by atoms with E-state index in [1.807, 2.05) is 0 Å². The van der Waals surface area contributed by atoms with E-state index in [-0.39, 0.29) is 23.7 Å². The van der Waals surface area contributed by atoms with E-state index in [4.69, 9.17) is 27.9 Å². The Morgan fingerprint density at radius 1 is 1.20 bits per heavy atom. The van der Waals surface area contributed by atoms with Crippen LogP contribution in [0.5, 0.6) is 11.5 Å². The summed E-state index contributed by atoms with van der Waals surface area (Å²) in [5.74, 6) is -3.68. The van der Waals surface area contributed by atoms with E-state index in [2.05, 4.69) is 17.0 Å². The van der Waals surface area contributed by atoms with E-state index in [1.54, 1.807) is 54.6 Å². The minimum absolute atomic E-state index is 0.127. The quantitative estimate of drug-likeness (QED) is 0.306. The smallest absolute Gasteiger partial charge is 0.417 e. The van der Waals surface area contributed by atoms with Crippen molar-refractivity contribution in [1.82, 2.24) is 9.99 Å². The molecule has 212 valence electrons. The van der Waals surface area contributed by atoms with E-state index in [0.29, 0.717) is 34.0 Å². The number of alkyl halides is 3. The van der Waals surface area contributed by atoms with Gasteiger partial charge in [0.15, 0.2) is 17.3 Å². The van der Waals surface area contributed by atoms with Gasteiger partial charge in [0, 0.05) is 22.7 Å². The molecule has 12 heteroatoms. The average molecular weight is 604 g/mol. The summed E-state index contributed by atoms with van der Waals surface area (Å²) in [4.78, 5) is 32.3. The normalized spacial score (nSPS) is 22.3. The standard InChI is InChI=1S/C29H22Cl2F3N3O4/c1-3-15-7-12-20-26(39)37(36-25-21(31)13-17(14-35-25)29(32,33)34)27(40)28(20,16-8-10-18(30)11-9-16)23(15)19-5-4-6-22(41-2)24(19)38/h3-11,13-14,20,23,38H,1,12H2,2H3,(H,35,36). The van der Waals surface area contributed by atoms with Gasteiger partial charge in [-0.05, 0) is 41.8 Å². The number of hydrazine groups is 1. The van der Waals surface area contributed by atoms with Gasteiger partial charge < -0.3 is 9.84 Å². The van der Waals surface area contributed by atoms with Crippen LogP contribution in [-0.2, 0) is 21.2 Å². The number of aromatic hydroxyl groups is 1. The van der Waals surface area contributed by atoms with Crippen LogP contribution < -0.4 is 10.2 Å². The van der Waals surface area contributed by atoms with Gasteiger partial charge in [0.05, 0.1) is 29.0 Å². The van der Waals surface area contributed by atoms with Crippen LogP contribution in [0.1, 0.15) is 29.0 Å². The van der Waals surface area contributed by atoms with Crippen molar-refractivity contribution in [1.29, 1.82) is 0 Å². The Balaban J connectivity index is 1.71. The lowest BCUT2D eigenvalue weighted by molar-refractivity contribution is -0.139. The molecule has 0 bridgehead atoms. The maximum Gasteiger partial charge on any atom is 0.417 e. The molecule has 2 amide bonds. The first-order valence-corrected chi connectivity index (χ1v) is 13.0. The van der Waals surface area contributed by atoms with Crippen molar-refractivity contribution in [3.8, 4) is 11.5 Å². The molecular weight excluding hydrogens is 582 g/mol. The van der Waals surface area contributed by atoms with E-state index in [0.717, 1.165) is 5.01 Å². The van der Waals surface area contributed by atoms with E-state index >= 15 is 0 Å². The van der Waals surface area contributed by atoms with Crippen LogP contribution >= 0.6 is 23.2 Å². The number of carbonyl (C=O) groups is 2. The molecule has 0 radical (unpaired) electrons. The third-order valence-corrected chi connectivity index (χ3v) is 8.05. The topological polar surface area (TPSA) is 91.8 Å². The summed E-state index contributed by atoms with van der Waals surface area (Å²) in [5.41, 5.74) is 1.15. The van der Waals surface area contributed by atoms with Gasteiger partial charge in [0.25, 0.3) is 11.8 Å². The van der Waals surface area contributed by atoms with Crippen LogP contribution in [-0.4, -0.2) is 34.0 Å². The first kappa shape index (κ1) is 28.5. The molecule has 1 aromatic heterocycles. The molecule has 2 N–H and O–H groups in total. The van der Waals surface area contributed by atoms with Crippen molar-refractivity contribution >= 4 is 40.8 Å². The SMILES string of the molecule is C=CC1=CCC2C(=O)N(Nc3ncc(C(F)(F)F)cc3Cl)C(=O)C2(c2ccc(Cl)cc2)C1c1cccc(OC)c1O. The van der Waals surface area contributed by atoms with E-state index in [9.17, 15) is 27.9 Å². The van der Waals surface area contributed by atoms with Crippen LogP contribution in [0.25, 0.3) is 0 Å². The lowest BCUT2D eigenvalue weighted by atomic mass is 9.56. The molecule has 41 heavy (non-hydrogen) atoms. The van der Waals surface area contributed by atoms with Crippen molar-refractivity contribution in [3.05, 3.63) is 106 Å². The number of allylic oxidation sites excluding steroid dienone is 3. The number of ether oxygens (including phenoxy) is 1. The molecule has 0 saturated carbocycles. The molecule has 5 rings (SSSR count). The number of carbonyl (C=O) groups excluding carboxylic acids is 2. The number of hydrogen-bond acceptors (Lipinski definition) is 6. The number of rotatable bonds is 6. The third-order valence-electron chi connectivity index (χ3n) is 7.51. The zero-order valence-electron chi connectivity index (χ0n) is 21.4. The molecule has 3 aromatic rings. The highest BCUT2D eigenvalue weighted by Gasteiger charge is 2.66.